The second-order valence-electron chi connectivity index (χ2n) is 4.81. The monoisotopic (exact) mass is 327 g/mol. The number of nitrogens with one attached hydrogen (secondary N) is 2. The Labute approximate surface area is 137 Å². The number of nitrogens with zero attached hydrogens (tertiary/aromatic N) is 1. The van der Waals surface area contributed by atoms with Gasteiger partial charge in [-0.05, 0) is 29.6 Å². The maximum Gasteiger partial charge on any atom is 0.265 e. The van der Waals surface area contributed by atoms with E-state index in [9.17, 15) is 9.18 Å². The summed E-state index contributed by atoms with van der Waals surface area (Å²) >= 11 is 1.38. The Morgan fingerprint density at radius 2 is 2.00 bits per heavy atom. The number of halogens is 1. The summed E-state index contributed by atoms with van der Waals surface area (Å²) in [4.78, 5) is 16.8. The number of carbonyl (C=O) groups excluding carboxylic acids is 1. The Kier molecular flexibility index (Phi) is 4.63. The van der Waals surface area contributed by atoms with Gasteiger partial charge in [0.05, 0.1) is 16.8 Å². The van der Waals surface area contributed by atoms with E-state index in [4.69, 9.17) is 0 Å². The standard InChI is InChI=1S/C17H14FN3OS/c18-14-5-2-1-4-12(14)10-19-16-8-7-13(11-20-16)21-17(22)15-6-3-9-23-15/h1-9,11H,10H2,(H,19,20)(H,21,22). The molecule has 0 aliphatic rings. The summed E-state index contributed by atoms with van der Waals surface area (Å²) in [6.45, 7) is 0.348. The third kappa shape index (κ3) is 3.92. The zero-order chi connectivity index (χ0) is 16.1. The molecule has 6 heteroatoms. The molecule has 0 radical (unpaired) electrons. The second-order valence-corrected chi connectivity index (χ2v) is 5.76. The predicted octanol–water partition coefficient (Wildman–Crippen LogP) is 4.15. The topological polar surface area (TPSA) is 54.0 Å². The zero-order valence-corrected chi connectivity index (χ0v) is 12.9. The van der Waals surface area contributed by atoms with Crippen LogP contribution in [0.25, 0.3) is 0 Å². The normalized spacial score (nSPS) is 10.3. The quantitative estimate of drug-likeness (QED) is 0.740. The van der Waals surface area contributed by atoms with Gasteiger partial charge in [0.15, 0.2) is 0 Å². The van der Waals surface area contributed by atoms with Gasteiger partial charge in [-0.1, -0.05) is 24.3 Å². The maximum atomic E-state index is 13.5. The van der Waals surface area contributed by atoms with Crippen molar-refractivity contribution in [2.75, 3.05) is 10.6 Å². The van der Waals surface area contributed by atoms with Crippen LogP contribution in [0.3, 0.4) is 0 Å². The Morgan fingerprint density at radius 3 is 2.70 bits per heavy atom. The van der Waals surface area contributed by atoms with Crippen LogP contribution in [0.15, 0.2) is 60.1 Å². The highest BCUT2D eigenvalue weighted by Gasteiger charge is 2.07. The van der Waals surface area contributed by atoms with Crippen LogP contribution >= 0.6 is 11.3 Å². The highest BCUT2D eigenvalue weighted by Crippen LogP contribution is 2.15. The fourth-order valence-corrected chi connectivity index (χ4v) is 2.62. The molecule has 2 aromatic heterocycles. The van der Waals surface area contributed by atoms with Crippen molar-refractivity contribution in [1.82, 2.24) is 4.98 Å². The van der Waals surface area contributed by atoms with Crippen molar-refractivity contribution in [3.8, 4) is 0 Å². The van der Waals surface area contributed by atoms with Crippen LogP contribution in [-0.2, 0) is 6.54 Å². The summed E-state index contributed by atoms with van der Waals surface area (Å²) in [6.07, 6.45) is 1.56. The second kappa shape index (κ2) is 7.02. The predicted molar refractivity (Wildman–Crippen MR) is 90.2 cm³/mol. The molecular formula is C17H14FN3OS. The molecule has 0 fully saturated rings. The molecule has 0 saturated carbocycles. The summed E-state index contributed by atoms with van der Waals surface area (Å²) < 4.78 is 13.5. The van der Waals surface area contributed by atoms with Crippen LogP contribution in [0.2, 0.25) is 0 Å². The van der Waals surface area contributed by atoms with Crippen molar-refractivity contribution >= 4 is 28.7 Å². The molecule has 116 valence electrons. The largest absolute Gasteiger partial charge is 0.366 e. The molecule has 0 aliphatic heterocycles. The average molecular weight is 327 g/mol. The highest BCUT2D eigenvalue weighted by atomic mass is 32.1. The number of benzene rings is 1. The molecule has 0 atom stereocenters. The van der Waals surface area contributed by atoms with E-state index in [1.165, 1.54) is 17.4 Å². The maximum absolute atomic E-state index is 13.5. The van der Waals surface area contributed by atoms with Crippen molar-refractivity contribution in [2.45, 2.75) is 6.54 Å². The fraction of sp³-hybridized carbons (Fsp3) is 0.0588. The van der Waals surface area contributed by atoms with Crippen molar-refractivity contribution in [3.63, 3.8) is 0 Å². The van der Waals surface area contributed by atoms with E-state index in [1.54, 1.807) is 42.6 Å². The summed E-state index contributed by atoms with van der Waals surface area (Å²) in [5, 5.41) is 7.67. The molecule has 0 aliphatic carbocycles. The van der Waals surface area contributed by atoms with Crippen LogP contribution in [0, 0.1) is 5.82 Å². The lowest BCUT2D eigenvalue weighted by Gasteiger charge is -2.08. The van der Waals surface area contributed by atoms with Gasteiger partial charge in [-0.15, -0.1) is 11.3 Å². The number of carbonyl (C=O) groups is 1. The smallest absolute Gasteiger partial charge is 0.265 e. The number of hydrogen-bond donors (Lipinski definition) is 2. The minimum atomic E-state index is -0.250. The van der Waals surface area contributed by atoms with Gasteiger partial charge in [-0.2, -0.15) is 0 Å². The van der Waals surface area contributed by atoms with E-state index in [0.29, 0.717) is 28.5 Å². The Morgan fingerprint density at radius 1 is 1.13 bits per heavy atom. The zero-order valence-electron chi connectivity index (χ0n) is 12.1. The lowest BCUT2D eigenvalue weighted by molar-refractivity contribution is 0.103. The van der Waals surface area contributed by atoms with Crippen LogP contribution in [-0.4, -0.2) is 10.9 Å². The Bertz CT molecular complexity index is 788. The summed E-state index contributed by atoms with van der Waals surface area (Å²) in [5.41, 5.74) is 1.18. The minimum absolute atomic E-state index is 0.158. The number of anilines is 2. The van der Waals surface area contributed by atoms with Gasteiger partial charge in [0.25, 0.3) is 5.91 Å². The van der Waals surface area contributed by atoms with E-state index in [0.717, 1.165) is 0 Å². The first kappa shape index (κ1) is 15.2. The Hall–Kier alpha value is -2.73. The van der Waals surface area contributed by atoms with E-state index < -0.39 is 0 Å². The van der Waals surface area contributed by atoms with Gasteiger partial charge in [0.2, 0.25) is 0 Å². The number of amides is 1. The van der Waals surface area contributed by atoms with Crippen LogP contribution in [0.5, 0.6) is 0 Å². The Balaban J connectivity index is 1.59. The SMILES string of the molecule is O=C(Nc1ccc(NCc2ccccc2F)nc1)c1cccs1. The van der Waals surface area contributed by atoms with Gasteiger partial charge in [0, 0.05) is 12.1 Å². The molecule has 4 nitrogen and oxygen atoms in total. The molecule has 3 aromatic rings. The molecular weight excluding hydrogens is 313 g/mol. The average Bonchev–Trinajstić information content (AvgIpc) is 3.10. The van der Waals surface area contributed by atoms with Crippen molar-refractivity contribution in [3.05, 3.63) is 76.4 Å². The summed E-state index contributed by atoms with van der Waals surface area (Å²) in [7, 11) is 0. The first-order chi connectivity index (χ1) is 11.2. The lowest BCUT2D eigenvalue weighted by Crippen LogP contribution is -2.10. The molecule has 2 N–H and O–H groups in total. The molecule has 0 unspecified atom stereocenters. The molecule has 3 rings (SSSR count). The van der Waals surface area contributed by atoms with E-state index in [2.05, 4.69) is 15.6 Å². The van der Waals surface area contributed by atoms with Crippen LogP contribution in [0.1, 0.15) is 15.2 Å². The van der Waals surface area contributed by atoms with Gasteiger partial charge in [0.1, 0.15) is 11.6 Å². The van der Waals surface area contributed by atoms with Gasteiger partial charge < -0.3 is 10.6 Å². The highest BCUT2D eigenvalue weighted by molar-refractivity contribution is 7.12. The van der Waals surface area contributed by atoms with Gasteiger partial charge in [-0.25, -0.2) is 9.37 Å². The molecule has 2 heterocycles. The van der Waals surface area contributed by atoms with Crippen molar-refractivity contribution in [2.24, 2.45) is 0 Å². The van der Waals surface area contributed by atoms with Gasteiger partial charge >= 0.3 is 0 Å². The summed E-state index contributed by atoms with van der Waals surface area (Å²) in [6, 6.07) is 13.7. The van der Waals surface area contributed by atoms with Crippen molar-refractivity contribution < 1.29 is 9.18 Å². The molecule has 0 saturated heterocycles. The fourth-order valence-electron chi connectivity index (χ4n) is 2.00. The number of aromatic nitrogens is 1. The third-order valence-electron chi connectivity index (χ3n) is 3.18. The number of pyridine rings is 1. The number of hydrogen-bond acceptors (Lipinski definition) is 4. The van der Waals surface area contributed by atoms with Crippen LogP contribution in [0.4, 0.5) is 15.9 Å². The molecule has 0 bridgehead atoms. The number of thiophene rings is 1. The molecule has 0 spiro atoms. The third-order valence-corrected chi connectivity index (χ3v) is 4.05. The van der Waals surface area contributed by atoms with E-state index >= 15 is 0 Å². The van der Waals surface area contributed by atoms with E-state index in [-0.39, 0.29) is 11.7 Å². The molecule has 23 heavy (non-hydrogen) atoms. The first-order valence-electron chi connectivity index (χ1n) is 7.00. The van der Waals surface area contributed by atoms with Gasteiger partial charge in [-0.3, -0.25) is 4.79 Å². The van der Waals surface area contributed by atoms with Crippen LogP contribution < -0.4 is 10.6 Å². The molecule has 1 amide bonds. The molecule has 1 aromatic carbocycles. The lowest BCUT2D eigenvalue weighted by atomic mass is 10.2. The van der Waals surface area contributed by atoms with Crippen molar-refractivity contribution in [1.29, 1.82) is 0 Å². The van der Waals surface area contributed by atoms with E-state index in [1.807, 2.05) is 11.4 Å². The number of rotatable bonds is 5. The minimum Gasteiger partial charge on any atom is -0.366 e. The summed E-state index contributed by atoms with van der Waals surface area (Å²) in [5.74, 6) is 0.205. The first-order valence-corrected chi connectivity index (χ1v) is 7.88.